The molecule has 0 aliphatic heterocycles. The van der Waals surface area contributed by atoms with Crippen LogP contribution in [0.3, 0.4) is 0 Å². The summed E-state index contributed by atoms with van der Waals surface area (Å²) >= 11 is 6.04. The number of rotatable bonds is 2. The van der Waals surface area contributed by atoms with Crippen LogP contribution in [0.4, 0.5) is 0 Å². The Morgan fingerprint density at radius 3 is 2.56 bits per heavy atom. The molecule has 0 amide bonds. The minimum absolute atomic E-state index is 0.171. The summed E-state index contributed by atoms with van der Waals surface area (Å²) in [5.41, 5.74) is 1.16. The summed E-state index contributed by atoms with van der Waals surface area (Å²) in [5.74, 6) is 0. The zero-order valence-electron chi connectivity index (χ0n) is 8.01. The molecule has 1 nitrogen and oxygen atoms in total. The highest BCUT2D eigenvalue weighted by Gasteiger charge is 2.13. The molecule has 0 aromatic carbocycles. The van der Waals surface area contributed by atoms with Crippen molar-refractivity contribution in [3.63, 3.8) is 0 Å². The number of hydrogen-bond acceptors (Lipinski definition) is 5. The summed E-state index contributed by atoms with van der Waals surface area (Å²) in [4.78, 5) is 15.0. The van der Waals surface area contributed by atoms with Gasteiger partial charge in [-0.05, 0) is 28.3 Å². The van der Waals surface area contributed by atoms with Crippen LogP contribution in [0.1, 0.15) is 0 Å². The lowest BCUT2D eigenvalue weighted by atomic mass is 10.2. The maximum absolute atomic E-state index is 11.5. The average molecular weight is 282 g/mol. The second-order valence-corrected chi connectivity index (χ2v) is 7.05. The fourth-order valence-electron chi connectivity index (χ4n) is 1.43. The Hall–Kier alpha value is -0.750. The maximum Gasteiger partial charge on any atom is 0.288 e. The third kappa shape index (κ3) is 1.80. The van der Waals surface area contributed by atoms with E-state index in [4.69, 9.17) is 0 Å². The lowest BCUT2D eigenvalue weighted by molar-refractivity contribution is 1.90. The van der Waals surface area contributed by atoms with Crippen molar-refractivity contribution >= 4 is 45.3 Å². The number of thiophene rings is 2. The second-order valence-electron chi connectivity index (χ2n) is 3.10. The molecular formula is C11H6OS4. The van der Waals surface area contributed by atoms with Gasteiger partial charge in [-0.15, -0.1) is 11.3 Å². The van der Waals surface area contributed by atoms with E-state index in [9.17, 15) is 4.79 Å². The van der Waals surface area contributed by atoms with Gasteiger partial charge in [0, 0.05) is 10.4 Å². The molecule has 3 aromatic heterocycles. The van der Waals surface area contributed by atoms with Gasteiger partial charge in [-0.2, -0.15) is 11.3 Å². The molecule has 0 saturated heterocycles. The van der Waals surface area contributed by atoms with Gasteiger partial charge in [0.25, 0.3) is 4.06 Å². The molecule has 0 radical (unpaired) electrons. The van der Waals surface area contributed by atoms with Gasteiger partial charge in [-0.25, -0.2) is 0 Å². The summed E-state index contributed by atoms with van der Waals surface area (Å²) < 4.78 is 0.171. The van der Waals surface area contributed by atoms with Gasteiger partial charge in [0.1, 0.15) is 0 Å². The van der Waals surface area contributed by atoms with Gasteiger partial charge in [0.2, 0.25) is 0 Å². The quantitative estimate of drug-likeness (QED) is 0.670. The zero-order valence-corrected chi connectivity index (χ0v) is 11.3. The molecule has 0 aliphatic rings. The highest BCUT2D eigenvalue weighted by molar-refractivity contribution is 7.33. The van der Waals surface area contributed by atoms with Gasteiger partial charge in [0.15, 0.2) is 0 Å². The van der Waals surface area contributed by atoms with Crippen molar-refractivity contribution < 1.29 is 0 Å². The van der Waals surface area contributed by atoms with E-state index in [1.807, 2.05) is 16.8 Å². The van der Waals surface area contributed by atoms with E-state index in [-0.39, 0.29) is 4.06 Å². The first kappa shape index (κ1) is 10.4. The van der Waals surface area contributed by atoms with Crippen molar-refractivity contribution in [1.29, 1.82) is 0 Å². The van der Waals surface area contributed by atoms with Crippen LogP contribution in [0, 0.1) is 0 Å². The van der Waals surface area contributed by atoms with Gasteiger partial charge in [-0.1, -0.05) is 28.7 Å². The van der Waals surface area contributed by atoms with E-state index in [1.54, 1.807) is 22.7 Å². The fourth-order valence-corrected chi connectivity index (χ4v) is 5.24. The van der Waals surface area contributed by atoms with Crippen LogP contribution >= 0.6 is 45.3 Å². The van der Waals surface area contributed by atoms with Crippen molar-refractivity contribution in [2.75, 3.05) is 0 Å². The van der Waals surface area contributed by atoms with Crippen LogP contribution in [-0.2, 0) is 0 Å². The third-order valence-electron chi connectivity index (χ3n) is 2.11. The Balaban J connectivity index is 2.23. The standard InChI is InChI=1S/C11H6OS4/c12-11-15-9(7-3-5-13-6-7)10(16-11)8-2-1-4-14-8/h1-6H. The number of hydrogen-bond donors (Lipinski definition) is 0. The van der Waals surface area contributed by atoms with Crippen molar-refractivity contribution in [2.45, 2.75) is 0 Å². The Bertz CT molecular complexity index is 573. The molecule has 3 heterocycles. The topological polar surface area (TPSA) is 17.1 Å². The Kier molecular flexibility index (Phi) is 2.77. The first-order chi connectivity index (χ1) is 7.84. The van der Waals surface area contributed by atoms with Crippen molar-refractivity contribution in [1.82, 2.24) is 0 Å². The Morgan fingerprint density at radius 1 is 1.00 bits per heavy atom. The van der Waals surface area contributed by atoms with Crippen molar-refractivity contribution in [2.24, 2.45) is 0 Å². The van der Waals surface area contributed by atoms with E-state index < -0.39 is 0 Å². The molecule has 0 atom stereocenters. The molecule has 0 unspecified atom stereocenters. The van der Waals surface area contributed by atoms with Gasteiger partial charge < -0.3 is 0 Å². The van der Waals surface area contributed by atoms with Crippen LogP contribution in [0.15, 0.2) is 39.1 Å². The van der Waals surface area contributed by atoms with Crippen molar-refractivity contribution in [3.05, 3.63) is 43.2 Å². The minimum atomic E-state index is 0.171. The molecule has 0 saturated carbocycles. The van der Waals surface area contributed by atoms with E-state index >= 15 is 0 Å². The van der Waals surface area contributed by atoms with Crippen LogP contribution in [0.2, 0.25) is 0 Å². The lowest BCUT2D eigenvalue weighted by Crippen LogP contribution is -1.74. The molecule has 0 N–H and O–H groups in total. The van der Waals surface area contributed by atoms with E-state index in [2.05, 4.69) is 17.5 Å². The molecule has 80 valence electrons. The first-order valence-corrected chi connectivity index (χ1v) is 8.00. The molecule has 3 rings (SSSR count). The van der Waals surface area contributed by atoms with E-state index in [0.717, 1.165) is 15.3 Å². The largest absolute Gasteiger partial charge is 0.288 e. The normalized spacial score (nSPS) is 10.8. The smallest absolute Gasteiger partial charge is 0.265 e. The summed E-state index contributed by atoms with van der Waals surface area (Å²) in [7, 11) is 0. The lowest BCUT2D eigenvalue weighted by Gasteiger charge is -1.96. The van der Waals surface area contributed by atoms with Crippen LogP contribution in [0.25, 0.3) is 20.2 Å². The average Bonchev–Trinajstić information content (AvgIpc) is 2.98. The van der Waals surface area contributed by atoms with Gasteiger partial charge >= 0.3 is 0 Å². The van der Waals surface area contributed by atoms with Gasteiger partial charge in [0.05, 0.1) is 9.75 Å². The zero-order chi connectivity index (χ0) is 11.0. The molecular weight excluding hydrogens is 276 g/mol. The Morgan fingerprint density at radius 2 is 1.88 bits per heavy atom. The monoisotopic (exact) mass is 282 g/mol. The van der Waals surface area contributed by atoms with E-state index in [1.165, 1.54) is 27.6 Å². The predicted octanol–water partition coefficient (Wildman–Crippen LogP) is 4.63. The molecule has 5 heteroatoms. The second kappa shape index (κ2) is 4.25. The molecule has 0 fully saturated rings. The molecule has 0 spiro atoms. The molecule has 16 heavy (non-hydrogen) atoms. The van der Waals surface area contributed by atoms with Crippen molar-refractivity contribution in [3.8, 4) is 20.2 Å². The highest BCUT2D eigenvalue weighted by Crippen LogP contribution is 2.40. The summed E-state index contributed by atoms with van der Waals surface area (Å²) in [6.07, 6.45) is 0. The highest BCUT2D eigenvalue weighted by atomic mass is 32.2. The Labute approximate surface area is 108 Å². The minimum Gasteiger partial charge on any atom is -0.265 e. The first-order valence-electron chi connectivity index (χ1n) is 4.55. The molecule has 0 bridgehead atoms. The molecule has 0 aliphatic carbocycles. The molecule has 3 aromatic rings. The SMILES string of the molecule is O=c1sc(-c2ccsc2)c(-c2cccs2)s1. The summed E-state index contributed by atoms with van der Waals surface area (Å²) in [6, 6.07) is 6.16. The summed E-state index contributed by atoms with van der Waals surface area (Å²) in [5, 5.41) is 6.18. The predicted molar refractivity (Wildman–Crippen MR) is 75.1 cm³/mol. The third-order valence-corrected chi connectivity index (χ3v) is 6.04. The fraction of sp³-hybridized carbons (Fsp3) is 0. The van der Waals surface area contributed by atoms with Crippen LogP contribution < -0.4 is 4.06 Å². The van der Waals surface area contributed by atoms with Gasteiger partial charge in [-0.3, -0.25) is 4.79 Å². The van der Waals surface area contributed by atoms with Crippen LogP contribution in [0.5, 0.6) is 0 Å². The maximum atomic E-state index is 11.5. The van der Waals surface area contributed by atoms with Crippen LogP contribution in [-0.4, -0.2) is 0 Å². The van der Waals surface area contributed by atoms with E-state index in [0.29, 0.717) is 0 Å². The summed E-state index contributed by atoms with van der Waals surface area (Å²) in [6.45, 7) is 0.